The van der Waals surface area contributed by atoms with Crippen LogP contribution >= 0.6 is 0 Å². The second-order valence-electron chi connectivity index (χ2n) is 17.7. The Morgan fingerprint density at radius 3 is 1.49 bits per heavy atom. The average molecular weight is 1100 g/mol. The van der Waals surface area contributed by atoms with Gasteiger partial charge in [0.1, 0.15) is 17.2 Å². The summed E-state index contributed by atoms with van der Waals surface area (Å²) >= 11 is 0. The molecule has 2 heterocycles. The number of methoxy groups -OCH3 is 2. The predicted octanol–water partition coefficient (Wildman–Crippen LogP) is 9.02. The van der Waals surface area contributed by atoms with Gasteiger partial charge in [0.15, 0.2) is 23.9 Å². The molecule has 2 fully saturated rings. The number of nitrogens with one attached hydrogen (secondary N) is 2. The molecular formula is C56H65N9O15. The quantitative estimate of drug-likeness (QED) is 0.00752. The van der Waals surface area contributed by atoms with Crippen LogP contribution in [0, 0.1) is 10.1 Å². The molecule has 2 aliphatic heterocycles. The number of nitro groups is 1. The van der Waals surface area contributed by atoms with Crippen molar-refractivity contribution in [2.24, 2.45) is 21.8 Å². The first-order chi connectivity index (χ1) is 38.5. The topological polar surface area (TPSA) is 328 Å². The minimum absolute atomic E-state index is 0.0331. The number of anilines is 4. The molecule has 7 rings (SSSR count). The van der Waals surface area contributed by atoms with Crippen molar-refractivity contribution in [1.29, 1.82) is 0 Å². The van der Waals surface area contributed by atoms with Crippen LogP contribution < -0.4 is 46.1 Å². The lowest BCUT2D eigenvalue weighted by Gasteiger charge is -2.27. The normalized spacial score (nSPS) is 14.1. The Kier molecular flexibility index (Phi) is 24.0. The largest absolute Gasteiger partial charge is 0.534 e. The molecule has 5 aromatic rings. The maximum absolute atomic E-state index is 13.0. The van der Waals surface area contributed by atoms with Crippen molar-refractivity contribution in [3.8, 4) is 17.2 Å². The van der Waals surface area contributed by atoms with E-state index in [0.717, 1.165) is 63.6 Å². The van der Waals surface area contributed by atoms with E-state index >= 15 is 0 Å². The number of amidine groups is 2. The van der Waals surface area contributed by atoms with Gasteiger partial charge in [-0.3, -0.25) is 34.1 Å². The summed E-state index contributed by atoms with van der Waals surface area (Å²) in [6.45, 7) is 5.36. The van der Waals surface area contributed by atoms with Crippen LogP contribution in [0.1, 0.15) is 89.2 Å². The van der Waals surface area contributed by atoms with E-state index in [-0.39, 0.29) is 46.7 Å². The van der Waals surface area contributed by atoms with Crippen LogP contribution in [0.2, 0.25) is 0 Å². The zero-order valence-corrected chi connectivity index (χ0v) is 44.7. The van der Waals surface area contributed by atoms with E-state index in [1.54, 1.807) is 82.6 Å². The van der Waals surface area contributed by atoms with Gasteiger partial charge in [-0.05, 0) is 123 Å². The van der Waals surface area contributed by atoms with E-state index in [2.05, 4.69) is 40.0 Å². The first-order valence-corrected chi connectivity index (χ1v) is 25.6. The Balaban J connectivity index is 0.000000239. The molecule has 24 nitrogen and oxygen atoms in total. The fourth-order valence-electron chi connectivity index (χ4n) is 7.86. The van der Waals surface area contributed by atoms with Crippen LogP contribution in [0.25, 0.3) is 0 Å². The molecule has 24 heteroatoms. The van der Waals surface area contributed by atoms with Crippen LogP contribution in [0.15, 0.2) is 132 Å². The fraction of sp³-hybridized carbons (Fsp3) is 0.321. The standard InChI is InChI=1S/C25H30N4O6.C23H28N4O4.C8H7NO5/c1-3-7-21(34-20-9-6-8-17(16-20)23(26)28-35-25(32)33-2)24(31)27-18-11-13-19(14-12-18)29-15-5-4-10-22(29)30;1-2-6-20(31-19-8-5-7-16(15-19)22(24)26-30)23(29)25-17-10-12-18(13-11-17)27-14-4-3-9-21(27)28;1-13-8(10)14-7-4-2-6(3-5-7)9(11)12/h6,8-9,11-14,16,21H,3-5,7,10,15H2,1-2H3,(H2,26,28)(H,27,31);5,7-8,10-13,15,20,30H,2-4,6,9,14H2,1H3,(H2,24,26)(H,25,29);2-5H,1H3. The SMILES string of the molecule is CCCC(Oc1cccc(/C(N)=N/O)c1)C(=O)Nc1ccc(N2CCCCC2=O)cc1.CCCC(Oc1cccc(/C(N)=N/OC(=O)OC)c1)C(=O)Nc1ccc(N2CCCCC2=O)cc1.COC(=O)Oc1ccc([N+](=O)[O-])cc1. The van der Waals surface area contributed by atoms with Crippen molar-refractivity contribution in [2.45, 2.75) is 90.3 Å². The Morgan fingerprint density at radius 1 is 0.637 bits per heavy atom. The lowest BCUT2D eigenvalue weighted by atomic mass is 10.1. The molecule has 0 aromatic heterocycles. The molecule has 80 heavy (non-hydrogen) atoms. The second kappa shape index (κ2) is 31.5. The molecule has 2 atom stereocenters. The van der Waals surface area contributed by atoms with Gasteiger partial charge >= 0.3 is 12.3 Å². The summed E-state index contributed by atoms with van der Waals surface area (Å²) in [6, 6.07) is 32.9. The monoisotopic (exact) mass is 1100 g/mol. The van der Waals surface area contributed by atoms with Gasteiger partial charge in [0.05, 0.1) is 19.1 Å². The van der Waals surface area contributed by atoms with E-state index in [0.29, 0.717) is 66.2 Å². The zero-order chi connectivity index (χ0) is 58.0. The van der Waals surface area contributed by atoms with E-state index in [1.807, 2.05) is 38.1 Å². The zero-order valence-electron chi connectivity index (χ0n) is 44.7. The Morgan fingerprint density at radius 2 is 1.09 bits per heavy atom. The fourth-order valence-corrected chi connectivity index (χ4v) is 7.86. The van der Waals surface area contributed by atoms with Gasteiger partial charge in [0, 0.05) is 71.9 Å². The number of nitrogens with zero attached hydrogens (tertiary/aromatic N) is 5. The Bertz CT molecular complexity index is 2960. The number of nitro benzene ring substituents is 1. The first-order valence-electron chi connectivity index (χ1n) is 25.6. The molecular weight excluding hydrogens is 1040 g/mol. The molecule has 0 bridgehead atoms. The molecule has 0 saturated carbocycles. The number of rotatable bonds is 19. The molecule has 7 N–H and O–H groups in total. The summed E-state index contributed by atoms with van der Waals surface area (Å²) in [6.07, 6.45) is 4.18. The number of ether oxygens (including phenoxy) is 5. The molecule has 2 aliphatic rings. The number of carbonyl (C=O) groups excluding carboxylic acids is 6. The van der Waals surface area contributed by atoms with Gasteiger partial charge in [-0.1, -0.05) is 61.3 Å². The Labute approximate surface area is 461 Å². The van der Waals surface area contributed by atoms with Gasteiger partial charge in [-0.2, -0.15) is 0 Å². The van der Waals surface area contributed by atoms with E-state index in [9.17, 15) is 38.9 Å². The van der Waals surface area contributed by atoms with Gasteiger partial charge in [-0.15, -0.1) is 0 Å². The molecule has 2 unspecified atom stereocenters. The highest BCUT2D eigenvalue weighted by Crippen LogP contribution is 2.26. The van der Waals surface area contributed by atoms with Crippen molar-refractivity contribution in [3.63, 3.8) is 0 Å². The third-order valence-corrected chi connectivity index (χ3v) is 12.0. The van der Waals surface area contributed by atoms with Crippen molar-refractivity contribution >= 4 is 76.0 Å². The van der Waals surface area contributed by atoms with E-state index in [4.69, 9.17) is 26.1 Å². The third-order valence-electron chi connectivity index (χ3n) is 12.0. The van der Waals surface area contributed by atoms with Gasteiger partial charge in [0.25, 0.3) is 17.5 Å². The highest BCUT2D eigenvalue weighted by Gasteiger charge is 2.24. The lowest BCUT2D eigenvalue weighted by Crippen LogP contribution is -2.35. The maximum Gasteiger partial charge on any atom is 0.534 e. The molecule has 2 saturated heterocycles. The van der Waals surface area contributed by atoms with E-state index in [1.165, 1.54) is 31.4 Å². The number of benzene rings is 5. The highest BCUT2D eigenvalue weighted by atomic mass is 16.8. The summed E-state index contributed by atoms with van der Waals surface area (Å²) in [5.74, 6) is 0.666. The number of hydrogen-bond acceptors (Lipinski definition) is 17. The maximum atomic E-state index is 13.0. The molecule has 424 valence electrons. The number of amides is 4. The highest BCUT2D eigenvalue weighted by molar-refractivity contribution is 5.99. The van der Waals surface area contributed by atoms with Gasteiger partial charge < -0.3 is 60.8 Å². The van der Waals surface area contributed by atoms with Gasteiger partial charge in [0.2, 0.25) is 11.8 Å². The van der Waals surface area contributed by atoms with Crippen LogP contribution in [-0.4, -0.2) is 97.3 Å². The van der Waals surface area contributed by atoms with Crippen molar-refractivity contribution in [1.82, 2.24) is 0 Å². The van der Waals surface area contributed by atoms with Crippen LogP contribution in [0.4, 0.5) is 38.0 Å². The smallest absolute Gasteiger partial charge is 0.481 e. The average Bonchev–Trinajstić information content (AvgIpc) is 3.47. The minimum Gasteiger partial charge on any atom is -0.481 e. The number of piperidine rings is 2. The summed E-state index contributed by atoms with van der Waals surface area (Å²) in [7, 11) is 2.33. The number of non-ortho nitro benzene ring substituents is 1. The second-order valence-corrected chi connectivity index (χ2v) is 17.7. The molecule has 4 amide bonds. The summed E-state index contributed by atoms with van der Waals surface area (Å²) in [4.78, 5) is 89.5. The summed E-state index contributed by atoms with van der Waals surface area (Å²) in [5, 5.41) is 31.4. The predicted molar refractivity (Wildman–Crippen MR) is 297 cm³/mol. The number of nitrogens with two attached hydrogens (primary N) is 2. The minimum atomic E-state index is -0.990. The summed E-state index contributed by atoms with van der Waals surface area (Å²) in [5.41, 5.74) is 15.3. The number of oxime groups is 2. The molecule has 0 aliphatic carbocycles. The van der Waals surface area contributed by atoms with Crippen molar-refractivity contribution < 1.29 is 67.4 Å². The molecule has 5 aromatic carbocycles. The first kappa shape index (κ1) is 61.1. The van der Waals surface area contributed by atoms with Crippen molar-refractivity contribution in [2.75, 3.05) is 47.7 Å². The van der Waals surface area contributed by atoms with Crippen LogP contribution in [-0.2, 0) is 33.5 Å². The Hall–Kier alpha value is -9.74. The number of carbonyl (C=O) groups is 6. The third kappa shape index (κ3) is 19.1. The summed E-state index contributed by atoms with van der Waals surface area (Å²) < 4.78 is 25.0. The lowest BCUT2D eigenvalue weighted by molar-refractivity contribution is -0.384. The van der Waals surface area contributed by atoms with Gasteiger partial charge in [-0.25, -0.2) is 9.59 Å². The van der Waals surface area contributed by atoms with E-state index < -0.39 is 29.4 Å². The number of hydrogen-bond donors (Lipinski definition) is 5. The van der Waals surface area contributed by atoms with Crippen LogP contribution in [0.5, 0.6) is 17.2 Å². The molecule has 0 spiro atoms. The molecule has 0 radical (unpaired) electrons. The van der Waals surface area contributed by atoms with Crippen molar-refractivity contribution in [3.05, 3.63) is 143 Å². The van der Waals surface area contributed by atoms with Crippen LogP contribution in [0.3, 0.4) is 0 Å².